The average molecular weight is 387 g/mol. The molecule has 0 atom stereocenters. The van der Waals surface area contributed by atoms with Crippen LogP contribution in [-0.2, 0) is 4.79 Å². The lowest BCUT2D eigenvalue weighted by molar-refractivity contribution is -0.112. The molecular weight excluding hydrogens is 366 g/mol. The van der Waals surface area contributed by atoms with Gasteiger partial charge in [0.1, 0.15) is 0 Å². The first-order valence-corrected chi connectivity index (χ1v) is 9.77. The zero-order chi connectivity index (χ0) is 19.8. The number of anilines is 1. The highest BCUT2D eigenvalue weighted by atomic mass is 16.2. The van der Waals surface area contributed by atoms with Crippen LogP contribution in [0.5, 0.6) is 0 Å². The minimum atomic E-state index is -0.206. The third-order valence-electron chi connectivity index (χ3n) is 5.34. The van der Waals surface area contributed by atoms with Crippen LogP contribution in [0.2, 0.25) is 0 Å². The third kappa shape index (κ3) is 3.64. The van der Waals surface area contributed by atoms with E-state index in [1.54, 1.807) is 6.07 Å². The highest BCUT2D eigenvalue weighted by molar-refractivity contribution is 6.04. The average Bonchev–Trinajstić information content (AvgIpc) is 3.43. The maximum absolute atomic E-state index is 12.5. The molecule has 29 heavy (non-hydrogen) atoms. The number of carbonyl (C=O) groups is 1. The Morgan fingerprint density at radius 2 is 1.86 bits per heavy atom. The van der Waals surface area contributed by atoms with Crippen molar-refractivity contribution in [3.05, 3.63) is 70.7 Å². The molecule has 7 heteroatoms. The van der Waals surface area contributed by atoms with Gasteiger partial charge in [0.2, 0.25) is 0 Å². The second kappa shape index (κ2) is 7.18. The van der Waals surface area contributed by atoms with E-state index in [-0.39, 0.29) is 11.5 Å². The van der Waals surface area contributed by atoms with Crippen LogP contribution < -0.4 is 16.3 Å². The highest BCUT2D eigenvalue weighted by Gasteiger charge is 2.26. The van der Waals surface area contributed by atoms with Crippen molar-refractivity contribution in [1.82, 2.24) is 20.6 Å². The standard InChI is InChI=1S/C22H21N5O2/c28-21(16-11-23-27(13-16)12-14-5-6-14)24-17-9-7-15(8-10-17)20-18-3-1-2-4-19(18)22(29)26-25-20/h1-4,7-10,13-14,23H,5-6,11-12H2,(H,24,28)(H,26,29). The summed E-state index contributed by atoms with van der Waals surface area (Å²) in [4.78, 5) is 24.5. The molecule has 2 aromatic carbocycles. The number of benzene rings is 2. The molecule has 7 nitrogen and oxygen atoms in total. The zero-order valence-corrected chi connectivity index (χ0v) is 15.8. The van der Waals surface area contributed by atoms with Crippen molar-refractivity contribution >= 4 is 22.4 Å². The summed E-state index contributed by atoms with van der Waals surface area (Å²) in [6.45, 7) is 1.51. The molecule has 1 fully saturated rings. The van der Waals surface area contributed by atoms with Crippen molar-refractivity contribution in [3.8, 4) is 11.3 Å². The van der Waals surface area contributed by atoms with Crippen LogP contribution in [0.1, 0.15) is 12.8 Å². The Morgan fingerprint density at radius 1 is 1.10 bits per heavy atom. The van der Waals surface area contributed by atoms with Crippen molar-refractivity contribution in [3.63, 3.8) is 0 Å². The highest BCUT2D eigenvalue weighted by Crippen LogP contribution is 2.30. The Labute approximate surface area is 167 Å². The number of fused-ring (bicyclic) bond motifs is 1. The number of hydrogen-bond donors (Lipinski definition) is 3. The van der Waals surface area contributed by atoms with Gasteiger partial charge in [-0.1, -0.05) is 30.3 Å². The van der Waals surface area contributed by atoms with Gasteiger partial charge in [0, 0.05) is 35.9 Å². The summed E-state index contributed by atoms with van der Waals surface area (Å²) in [7, 11) is 0. The van der Waals surface area contributed by atoms with Crippen LogP contribution in [0.15, 0.2) is 65.1 Å². The number of rotatable bonds is 5. The number of aromatic nitrogens is 2. The molecule has 5 rings (SSSR count). The van der Waals surface area contributed by atoms with E-state index >= 15 is 0 Å². The van der Waals surface area contributed by atoms with Crippen LogP contribution in [-0.4, -0.2) is 34.2 Å². The second-order valence-electron chi connectivity index (χ2n) is 7.56. The Hall–Kier alpha value is -3.45. The monoisotopic (exact) mass is 387 g/mol. The molecule has 0 unspecified atom stereocenters. The van der Waals surface area contributed by atoms with E-state index in [0.717, 1.165) is 29.0 Å². The third-order valence-corrected chi connectivity index (χ3v) is 5.34. The molecule has 1 aliphatic heterocycles. The first-order valence-electron chi connectivity index (χ1n) is 9.77. The molecule has 2 aliphatic rings. The van der Waals surface area contributed by atoms with E-state index in [0.29, 0.717) is 23.3 Å². The Kier molecular flexibility index (Phi) is 4.37. The number of nitrogens with one attached hydrogen (secondary N) is 3. The van der Waals surface area contributed by atoms with Crippen molar-refractivity contribution < 1.29 is 4.79 Å². The summed E-state index contributed by atoms with van der Waals surface area (Å²) in [5.74, 6) is 0.655. The molecule has 0 bridgehead atoms. The molecule has 146 valence electrons. The van der Waals surface area contributed by atoms with Gasteiger partial charge in [-0.15, -0.1) is 0 Å². The fourth-order valence-corrected chi connectivity index (χ4v) is 3.56. The maximum Gasteiger partial charge on any atom is 0.272 e. The second-order valence-corrected chi connectivity index (χ2v) is 7.56. The van der Waals surface area contributed by atoms with Crippen LogP contribution in [0.3, 0.4) is 0 Å². The normalized spacial score (nSPS) is 16.1. The summed E-state index contributed by atoms with van der Waals surface area (Å²) >= 11 is 0. The van der Waals surface area contributed by atoms with E-state index in [2.05, 4.69) is 20.9 Å². The van der Waals surface area contributed by atoms with Gasteiger partial charge >= 0.3 is 0 Å². The van der Waals surface area contributed by atoms with Crippen LogP contribution in [0.25, 0.3) is 22.0 Å². The lowest BCUT2D eigenvalue weighted by Gasteiger charge is -2.14. The quantitative estimate of drug-likeness (QED) is 0.626. The predicted octanol–water partition coefficient (Wildman–Crippen LogP) is 2.64. The summed E-state index contributed by atoms with van der Waals surface area (Å²) in [6, 6.07) is 14.9. The van der Waals surface area contributed by atoms with Gasteiger partial charge in [-0.05, 0) is 37.0 Å². The zero-order valence-electron chi connectivity index (χ0n) is 15.8. The Bertz CT molecular complexity index is 1160. The molecule has 2 heterocycles. The van der Waals surface area contributed by atoms with Gasteiger partial charge in [0.25, 0.3) is 11.5 Å². The van der Waals surface area contributed by atoms with Crippen LogP contribution >= 0.6 is 0 Å². The van der Waals surface area contributed by atoms with Crippen LogP contribution in [0, 0.1) is 5.92 Å². The summed E-state index contributed by atoms with van der Waals surface area (Å²) < 4.78 is 0. The number of hydrazine groups is 1. The number of aromatic amines is 1. The largest absolute Gasteiger partial charge is 0.322 e. The lowest BCUT2D eigenvalue weighted by atomic mass is 10.0. The molecule has 0 spiro atoms. The molecule has 3 aromatic rings. The Morgan fingerprint density at radius 3 is 2.62 bits per heavy atom. The molecular formula is C22H21N5O2. The predicted molar refractivity (Wildman–Crippen MR) is 112 cm³/mol. The van der Waals surface area contributed by atoms with Gasteiger partial charge in [0.05, 0.1) is 16.7 Å². The van der Waals surface area contributed by atoms with E-state index < -0.39 is 0 Å². The van der Waals surface area contributed by atoms with Gasteiger partial charge in [0.15, 0.2) is 0 Å². The minimum absolute atomic E-state index is 0.101. The molecule has 3 N–H and O–H groups in total. The lowest BCUT2D eigenvalue weighted by Crippen LogP contribution is -2.30. The summed E-state index contributed by atoms with van der Waals surface area (Å²) in [5, 5.41) is 13.1. The fraction of sp³-hybridized carbons (Fsp3) is 0.227. The number of nitrogens with zero attached hydrogens (tertiary/aromatic N) is 2. The topological polar surface area (TPSA) is 90.1 Å². The number of carbonyl (C=O) groups excluding carboxylic acids is 1. The fourth-order valence-electron chi connectivity index (χ4n) is 3.56. The van der Waals surface area contributed by atoms with Gasteiger partial charge in [-0.3, -0.25) is 9.59 Å². The molecule has 1 aromatic heterocycles. The van der Waals surface area contributed by atoms with Crippen molar-refractivity contribution in [2.24, 2.45) is 5.92 Å². The molecule has 1 saturated carbocycles. The molecule has 0 saturated heterocycles. The maximum atomic E-state index is 12.5. The number of hydrogen-bond acceptors (Lipinski definition) is 5. The number of H-pyrrole nitrogens is 1. The molecule has 1 amide bonds. The van der Waals surface area contributed by atoms with E-state index in [1.807, 2.05) is 53.7 Å². The van der Waals surface area contributed by atoms with Crippen molar-refractivity contribution in [2.45, 2.75) is 12.8 Å². The van der Waals surface area contributed by atoms with Crippen LogP contribution in [0.4, 0.5) is 5.69 Å². The van der Waals surface area contributed by atoms with E-state index in [9.17, 15) is 9.59 Å². The van der Waals surface area contributed by atoms with E-state index in [4.69, 9.17) is 0 Å². The Balaban J connectivity index is 1.33. The first kappa shape index (κ1) is 17.6. The molecule has 1 aliphatic carbocycles. The van der Waals surface area contributed by atoms with Gasteiger partial charge < -0.3 is 10.3 Å². The van der Waals surface area contributed by atoms with Gasteiger partial charge in [-0.25, -0.2) is 10.5 Å². The van der Waals surface area contributed by atoms with Crippen molar-refractivity contribution in [2.75, 3.05) is 18.4 Å². The van der Waals surface area contributed by atoms with E-state index in [1.165, 1.54) is 12.8 Å². The van der Waals surface area contributed by atoms with Gasteiger partial charge in [-0.2, -0.15) is 5.10 Å². The first-order chi connectivity index (χ1) is 14.2. The summed E-state index contributed by atoms with van der Waals surface area (Å²) in [5.41, 5.74) is 6.05. The van der Waals surface area contributed by atoms with Crippen molar-refractivity contribution in [1.29, 1.82) is 0 Å². The smallest absolute Gasteiger partial charge is 0.272 e. The summed E-state index contributed by atoms with van der Waals surface area (Å²) in [6.07, 6.45) is 4.46. The number of amides is 1. The minimum Gasteiger partial charge on any atom is -0.322 e. The SMILES string of the molecule is O=C(Nc1ccc(-c2n[nH]c(=O)c3ccccc23)cc1)C1=CN(CC2CC2)NC1. The molecule has 0 radical (unpaired) electrons.